The second kappa shape index (κ2) is 9.95. The van der Waals surface area contributed by atoms with E-state index in [0.717, 1.165) is 15.9 Å². The Bertz CT molecular complexity index is 800. The SMILES string of the molecule is CC/C=C/N=C1\SC=C(c2ccc(Br)cc2)\C1=C(\C)N(C)C1CCN(C)CC1. The zero-order chi connectivity index (χ0) is 20.1. The first-order chi connectivity index (χ1) is 13.5. The molecular formula is C23H30BrN3S. The lowest BCUT2D eigenvalue weighted by Crippen LogP contribution is -2.41. The molecule has 0 aliphatic carbocycles. The number of piperidine rings is 1. The highest BCUT2D eigenvalue weighted by Gasteiger charge is 2.28. The number of thioether (sulfide) groups is 1. The quantitative estimate of drug-likeness (QED) is 0.525. The maximum Gasteiger partial charge on any atom is 0.110 e. The molecule has 2 aliphatic heterocycles. The third-order valence-electron chi connectivity index (χ3n) is 5.59. The predicted molar refractivity (Wildman–Crippen MR) is 128 cm³/mol. The second-order valence-electron chi connectivity index (χ2n) is 7.49. The number of hydrogen-bond donors (Lipinski definition) is 0. The van der Waals surface area contributed by atoms with Crippen LogP contribution in [0.5, 0.6) is 0 Å². The largest absolute Gasteiger partial charge is 0.374 e. The number of hydrogen-bond acceptors (Lipinski definition) is 4. The minimum absolute atomic E-state index is 0.591. The third-order valence-corrected chi connectivity index (χ3v) is 7.00. The molecule has 1 saturated heterocycles. The Labute approximate surface area is 182 Å². The molecule has 1 aromatic rings. The van der Waals surface area contributed by atoms with Crippen LogP contribution in [0, 0.1) is 0 Å². The van der Waals surface area contributed by atoms with Crippen LogP contribution in [-0.4, -0.2) is 48.1 Å². The van der Waals surface area contributed by atoms with Gasteiger partial charge in [-0.3, -0.25) is 0 Å². The Morgan fingerprint density at radius 2 is 1.96 bits per heavy atom. The van der Waals surface area contributed by atoms with Crippen LogP contribution in [0.15, 0.2) is 62.7 Å². The first-order valence-electron chi connectivity index (χ1n) is 9.99. The van der Waals surface area contributed by atoms with Gasteiger partial charge in [-0.2, -0.15) is 0 Å². The summed E-state index contributed by atoms with van der Waals surface area (Å²) in [5, 5.41) is 3.35. The van der Waals surface area contributed by atoms with Gasteiger partial charge < -0.3 is 9.80 Å². The Kier molecular flexibility index (Phi) is 7.61. The number of nitrogens with zero attached hydrogens (tertiary/aromatic N) is 3. The Balaban J connectivity index is 1.96. The molecule has 0 N–H and O–H groups in total. The molecule has 0 unspecified atom stereocenters. The molecule has 0 amide bonds. The van der Waals surface area contributed by atoms with Crippen LogP contribution in [0.1, 0.15) is 38.7 Å². The van der Waals surface area contributed by atoms with Crippen molar-refractivity contribution in [1.82, 2.24) is 9.80 Å². The smallest absolute Gasteiger partial charge is 0.110 e. The normalized spacial score (nSPS) is 22.2. The minimum atomic E-state index is 0.591. The van der Waals surface area contributed by atoms with Crippen LogP contribution in [0.3, 0.4) is 0 Å². The second-order valence-corrected chi connectivity index (χ2v) is 9.26. The lowest BCUT2D eigenvalue weighted by Gasteiger charge is -2.37. The van der Waals surface area contributed by atoms with Gasteiger partial charge in [0.05, 0.1) is 0 Å². The van der Waals surface area contributed by atoms with E-state index in [1.54, 1.807) is 11.8 Å². The Morgan fingerprint density at radius 3 is 2.61 bits per heavy atom. The van der Waals surface area contributed by atoms with Crippen molar-refractivity contribution in [2.75, 3.05) is 27.2 Å². The van der Waals surface area contributed by atoms with Crippen molar-refractivity contribution in [1.29, 1.82) is 0 Å². The molecule has 3 nitrogen and oxygen atoms in total. The number of halogens is 1. The van der Waals surface area contributed by atoms with Gasteiger partial charge in [0.1, 0.15) is 5.04 Å². The summed E-state index contributed by atoms with van der Waals surface area (Å²) in [7, 11) is 4.47. The summed E-state index contributed by atoms with van der Waals surface area (Å²) < 4.78 is 1.10. The third kappa shape index (κ3) is 5.00. The maximum atomic E-state index is 4.79. The van der Waals surface area contributed by atoms with Gasteiger partial charge in [-0.05, 0) is 69.4 Å². The van der Waals surface area contributed by atoms with Gasteiger partial charge in [0.15, 0.2) is 0 Å². The first kappa shape index (κ1) is 21.4. The van der Waals surface area contributed by atoms with E-state index in [1.165, 1.54) is 48.3 Å². The van der Waals surface area contributed by atoms with Gasteiger partial charge >= 0.3 is 0 Å². The average molecular weight is 460 g/mol. The van der Waals surface area contributed by atoms with Crippen molar-refractivity contribution < 1.29 is 0 Å². The zero-order valence-corrected chi connectivity index (χ0v) is 19.7. The monoisotopic (exact) mass is 459 g/mol. The number of benzene rings is 1. The minimum Gasteiger partial charge on any atom is -0.374 e. The fraction of sp³-hybridized carbons (Fsp3) is 0.435. The van der Waals surface area contributed by atoms with Crippen molar-refractivity contribution in [3.63, 3.8) is 0 Å². The van der Waals surface area contributed by atoms with Crippen LogP contribution >= 0.6 is 27.7 Å². The van der Waals surface area contributed by atoms with E-state index in [1.807, 2.05) is 6.20 Å². The molecule has 0 aromatic heterocycles. The lowest BCUT2D eigenvalue weighted by molar-refractivity contribution is 0.170. The highest BCUT2D eigenvalue weighted by Crippen LogP contribution is 2.40. The van der Waals surface area contributed by atoms with E-state index in [9.17, 15) is 0 Å². The molecule has 0 saturated carbocycles. The summed E-state index contributed by atoms with van der Waals surface area (Å²) in [4.78, 5) is 9.70. The summed E-state index contributed by atoms with van der Waals surface area (Å²) >= 11 is 5.28. The molecule has 3 rings (SSSR count). The van der Waals surface area contributed by atoms with Crippen LogP contribution in [0.2, 0.25) is 0 Å². The summed E-state index contributed by atoms with van der Waals surface area (Å²) in [5.74, 6) is 0. The zero-order valence-electron chi connectivity index (χ0n) is 17.3. The van der Waals surface area contributed by atoms with E-state index >= 15 is 0 Å². The molecule has 0 radical (unpaired) electrons. The fourth-order valence-electron chi connectivity index (χ4n) is 3.69. The summed E-state index contributed by atoms with van der Waals surface area (Å²) in [6.45, 7) is 6.73. The standard InChI is InChI=1S/C23H30BrN3S/c1-5-6-13-25-23-22(17(2)27(4)20-11-14-26(3)15-12-20)21(16-28-23)18-7-9-19(24)10-8-18/h6-10,13,16,20H,5,11-12,14-15H2,1-4H3/b13-6+,22-17+,25-23-. The number of likely N-dealkylation sites (tertiary alicyclic amines) is 1. The van der Waals surface area contributed by atoms with Crippen molar-refractivity contribution in [3.05, 3.63) is 63.3 Å². The van der Waals surface area contributed by atoms with E-state index < -0.39 is 0 Å². The van der Waals surface area contributed by atoms with Crippen LogP contribution in [0.25, 0.3) is 5.57 Å². The number of rotatable bonds is 5. The van der Waals surface area contributed by atoms with Crippen LogP contribution < -0.4 is 0 Å². The molecule has 1 fully saturated rings. The van der Waals surface area contributed by atoms with Crippen LogP contribution in [-0.2, 0) is 0 Å². The molecule has 5 heteroatoms. The Morgan fingerprint density at radius 1 is 1.29 bits per heavy atom. The molecule has 0 spiro atoms. The molecule has 1 aromatic carbocycles. The van der Waals surface area contributed by atoms with E-state index in [-0.39, 0.29) is 0 Å². The Hall–Kier alpha value is -1.30. The molecule has 2 aliphatic rings. The van der Waals surface area contributed by atoms with Gasteiger partial charge in [0, 0.05) is 40.6 Å². The predicted octanol–water partition coefficient (Wildman–Crippen LogP) is 6.16. The number of allylic oxidation sites excluding steroid dienone is 3. The molecular weight excluding hydrogens is 430 g/mol. The molecule has 0 bridgehead atoms. The van der Waals surface area contributed by atoms with Crippen LogP contribution in [0.4, 0.5) is 0 Å². The average Bonchev–Trinajstić information content (AvgIpc) is 3.12. The van der Waals surface area contributed by atoms with Crippen molar-refractivity contribution >= 4 is 38.3 Å². The highest BCUT2D eigenvalue weighted by atomic mass is 79.9. The number of aliphatic imine (C=N–C) groups is 1. The van der Waals surface area contributed by atoms with Crippen molar-refractivity contribution in [2.45, 2.75) is 39.2 Å². The van der Waals surface area contributed by atoms with Gasteiger partial charge in [0.25, 0.3) is 0 Å². The van der Waals surface area contributed by atoms with Crippen molar-refractivity contribution in [3.8, 4) is 0 Å². The fourth-order valence-corrected chi connectivity index (χ4v) is 4.94. The molecule has 0 atom stereocenters. The molecule has 150 valence electrons. The highest BCUT2D eigenvalue weighted by molar-refractivity contribution is 9.10. The molecule has 2 heterocycles. The lowest BCUT2D eigenvalue weighted by atomic mass is 9.96. The summed E-state index contributed by atoms with van der Waals surface area (Å²) in [6, 6.07) is 9.18. The van der Waals surface area contributed by atoms with Gasteiger partial charge in [-0.25, -0.2) is 4.99 Å². The molecule has 28 heavy (non-hydrogen) atoms. The van der Waals surface area contributed by atoms with Gasteiger partial charge in [-0.15, -0.1) is 0 Å². The van der Waals surface area contributed by atoms with Gasteiger partial charge in [0.2, 0.25) is 0 Å². The van der Waals surface area contributed by atoms with E-state index in [0.29, 0.717) is 6.04 Å². The summed E-state index contributed by atoms with van der Waals surface area (Å²) in [5.41, 5.74) is 5.11. The van der Waals surface area contributed by atoms with Crippen molar-refractivity contribution in [2.24, 2.45) is 4.99 Å². The first-order valence-corrected chi connectivity index (χ1v) is 11.7. The van der Waals surface area contributed by atoms with E-state index in [2.05, 4.69) is 89.4 Å². The topological polar surface area (TPSA) is 18.8 Å². The van der Waals surface area contributed by atoms with Gasteiger partial charge in [-0.1, -0.05) is 52.8 Å². The van der Waals surface area contributed by atoms with E-state index in [4.69, 9.17) is 4.99 Å². The maximum absolute atomic E-state index is 4.79. The summed E-state index contributed by atoms with van der Waals surface area (Å²) in [6.07, 6.45) is 7.49.